The molecule has 1 aromatic heterocycles. The molecule has 1 aromatic rings. The summed E-state index contributed by atoms with van der Waals surface area (Å²) >= 11 is 0. The van der Waals surface area contributed by atoms with Gasteiger partial charge in [-0.2, -0.15) is 0 Å². The van der Waals surface area contributed by atoms with Gasteiger partial charge in [0.25, 0.3) is 0 Å². The van der Waals surface area contributed by atoms with Gasteiger partial charge >= 0.3 is 6.09 Å². The average molecular weight is 377 g/mol. The van der Waals surface area contributed by atoms with E-state index < -0.39 is 0 Å². The van der Waals surface area contributed by atoms with Crippen LogP contribution in [0.3, 0.4) is 0 Å². The van der Waals surface area contributed by atoms with Gasteiger partial charge < -0.3 is 10.1 Å². The third kappa shape index (κ3) is 12.7. The van der Waals surface area contributed by atoms with Crippen LogP contribution in [0.1, 0.15) is 63.9 Å². The molecule has 0 saturated carbocycles. The van der Waals surface area contributed by atoms with Gasteiger partial charge in [0, 0.05) is 18.7 Å². The summed E-state index contributed by atoms with van der Waals surface area (Å²) in [5.74, 6) is 0. The lowest BCUT2D eigenvalue weighted by Gasteiger charge is -2.06. The van der Waals surface area contributed by atoms with Crippen molar-refractivity contribution in [2.45, 2.75) is 71.3 Å². The molecule has 0 unspecified atom stereocenters. The zero-order valence-corrected chi connectivity index (χ0v) is 16.6. The van der Waals surface area contributed by atoms with E-state index >= 15 is 0 Å². The molecule has 0 spiro atoms. The van der Waals surface area contributed by atoms with Crippen molar-refractivity contribution < 1.29 is 18.9 Å². The van der Waals surface area contributed by atoms with Crippen molar-refractivity contribution in [3.05, 3.63) is 30.1 Å². The SMILES string of the molecule is CCCCCCc1cc[n+](CCOC(=O)NCCCCCCN=C=O)cc1. The summed E-state index contributed by atoms with van der Waals surface area (Å²) in [5.41, 5.74) is 1.36. The number of aromatic nitrogens is 1. The summed E-state index contributed by atoms with van der Waals surface area (Å²) in [7, 11) is 0. The Morgan fingerprint density at radius 3 is 2.59 bits per heavy atom. The quantitative estimate of drug-likeness (QED) is 0.219. The molecular weight excluding hydrogens is 342 g/mol. The third-order valence-electron chi connectivity index (χ3n) is 4.39. The third-order valence-corrected chi connectivity index (χ3v) is 4.39. The fourth-order valence-electron chi connectivity index (χ4n) is 2.76. The lowest BCUT2D eigenvalue weighted by molar-refractivity contribution is -0.697. The van der Waals surface area contributed by atoms with Gasteiger partial charge in [-0.05, 0) is 31.2 Å². The lowest BCUT2D eigenvalue weighted by atomic mass is 10.1. The molecule has 0 aromatic carbocycles. The number of alkyl carbamates (subject to hydrolysis) is 1. The summed E-state index contributed by atoms with van der Waals surface area (Å²) in [6, 6.07) is 4.29. The van der Waals surface area contributed by atoms with Gasteiger partial charge in [0.05, 0.1) is 6.54 Å². The number of rotatable bonds is 15. The fourth-order valence-corrected chi connectivity index (χ4v) is 2.76. The molecule has 6 heteroatoms. The number of hydrogen-bond acceptors (Lipinski definition) is 4. The minimum atomic E-state index is -0.367. The highest BCUT2D eigenvalue weighted by Crippen LogP contribution is 2.06. The number of amides is 1. The Morgan fingerprint density at radius 1 is 1.11 bits per heavy atom. The summed E-state index contributed by atoms with van der Waals surface area (Å²) in [6.45, 7) is 4.38. The Morgan fingerprint density at radius 2 is 1.85 bits per heavy atom. The normalized spacial score (nSPS) is 10.3. The number of isocyanates is 1. The minimum absolute atomic E-state index is 0.357. The van der Waals surface area contributed by atoms with E-state index in [9.17, 15) is 9.59 Å². The number of unbranched alkanes of at least 4 members (excludes halogenated alkanes) is 6. The first kappa shape index (κ1) is 22.8. The maximum atomic E-state index is 11.6. The van der Waals surface area contributed by atoms with Crippen molar-refractivity contribution >= 4 is 12.2 Å². The van der Waals surface area contributed by atoms with Gasteiger partial charge in [-0.25, -0.2) is 19.1 Å². The van der Waals surface area contributed by atoms with Crippen molar-refractivity contribution in [1.29, 1.82) is 0 Å². The van der Waals surface area contributed by atoms with Crippen LogP contribution in [-0.2, 0) is 22.5 Å². The Balaban J connectivity index is 2.04. The number of ether oxygens (including phenoxy) is 1. The fraction of sp³-hybridized carbons (Fsp3) is 0.667. The standard InChI is InChI=1S/C21H33N3O3/c1-2-3-4-7-10-20-11-15-24(16-12-20)17-18-27-21(26)23-14-9-6-5-8-13-22-19-25/h11-12,15-16H,2-10,13-14,17-18H2,1H3/p+1. The van der Waals surface area contributed by atoms with Crippen LogP contribution in [0.25, 0.3) is 0 Å². The predicted octanol–water partition coefficient (Wildman–Crippen LogP) is 3.72. The molecule has 150 valence electrons. The van der Waals surface area contributed by atoms with E-state index in [1.165, 1.54) is 37.3 Å². The zero-order chi connectivity index (χ0) is 19.6. The Bertz CT molecular complexity index is 554. The van der Waals surface area contributed by atoms with Gasteiger partial charge in [-0.1, -0.05) is 39.0 Å². The van der Waals surface area contributed by atoms with Crippen molar-refractivity contribution in [2.75, 3.05) is 19.7 Å². The first-order valence-corrected chi connectivity index (χ1v) is 10.2. The van der Waals surface area contributed by atoms with Crippen molar-refractivity contribution in [3.63, 3.8) is 0 Å². The van der Waals surface area contributed by atoms with Gasteiger partial charge in [-0.3, -0.25) is 0 Å². The lowest BCUT2D eigenvalue weighted by Crippen LogP contribution is -2.37. The Labute approximate surface area is 163 Å². The molecule has 1 amide bonds. The number of carbonyl (C=O) groups excluding carboxylic acids is 2. The molecule has 1 N–H and O–H groups in total. The van der Waals surface area contributed by atoms with E-state index in [0.717, 1.165) is 32.1 Å². The molecule has 0 saturated heterocycles. The number of hydrogen-bond donors (Lipinski definition) is 1. The van der Waals surface area contributed by atoms with Crippen molar-refractivity contribution in [1.82, 2.24) is 5.32 Å². The van der Waals surface area contributed by atoms with E-state index in [-0.39, 0.29) is 6.09 Å². The number of pyridine rings is 1. The topological polar surface area (TPSA) is 71.6 Å². The first-order valence-electron chi connectivity index (χ1n) is 10.2. The van der Waals surface area contributed by atoms with E-state index in [1.807, 2.05) is 17.0 Å². The molecule has 6 nitrogen and oxygen atoms in total. The smallest absolute Gasteiger partial charge is 0.407 e. The number of nitrogens with zero attached hydrogens (tertiary/aromatic N) is 2. The van der Waals surface area contributed by atoms with Crippen molar-refractivity contribution in [3.8, 4) is 0 Å². The van der Waals surface area contributed by atoms with E-state index in [1.54, 1.807) is 0 Å². The Hall–Kier alpha value is -2.20. The highest BCUT2D eigenvalue weighted by atomic mass is 16.5. The van der Waals surface area contributed by atoms with E-state index in [2.05, 4.69) is 29.4 Å². The van der Waals surface area contributed by atoms with Crippen LogP contribution in [-0.4, -0.2) is 31.9 Å². The molecule has 1 heterocycles. The zero-order valence-electron chi connectivity index (χ0n) is 16.6. The number of nitrogens with one attached hydrogen (secondary N) is 1. The molecule has 0 aliphatic rings. The molecule has 0 atom stereocenters. The summed E-state index contributed by atoms with van der Waals surface area (Å²) in [5, 5.41) is 2.76. The molecule has 1 rings (SSSR count). The second-order valence-corrected chi connectivity index (χ2v) is 6.70. The second-order valence-electron chi connectivity index (χ2n) is 6.70. The molecule has 0 aliphatic heterocycles. The summed E-state index contributed by atoms with van der Waals surface area (Å²) < 4.78 is 7.23. The largest absolute Gasteiger partial charge is 0.443 e. The van der Waals surface area contributed by atoms with Crippen LogP contribution in [0.2, 0.25) is 0 Å². The molecular formula is C21H34N3O3+. The van der Waals surface area contributed by atoms with Crippen LogP contribution < -0.4 is 9.88 Å². The summed E-state index contributed by atoms with van der Waals surface area (Å²) in [6.07, 6.45) is 15.3. The van der Waals surface area contributed by atoms with Gasteiger partial charge in [-0.15, -0.1) is 0 Å². The monoisotopic (exact) mass is 376 g/mol. The van der Waals surface area contributed by atoms with Crippen LogP contribution in [0.5, 0.6) is 0 Å². The van der Waals surface area contributed by atoms with Gasteiger partial charge in [0.2, 0.25) is 6.08 Å². The highest BCUT2D eigenvalue weighted by molar-refractivity contribution is 5.66. The van der Waals surface area contributed by atoms with Crippen LogP contribution in [0, 0.1) is 0 Å². The highest BCUT2D eigenvalue weighted by Gasteiger charge is 2.05. The molecule has 0 fully saturated rings. The molecule has 27 heavy (non-hydrogen) atoms. The van der Waals surface area contributed by atoms with E-state index in [4.69, 9.17) is 4.74 Å². The molecule has 0 aliphatic carbocycles. The van der Waals surface area contributed by atoms with Crippen molar-refractivity contribution in [2.24, 2.45) is 4.99 Å². The van der Waals surface area contributed by atoms with E-state index in [0.29, 0.717) is 26.2 Å². The number of aryl methyl sites for hydroxylation is 1. The van der Waals surface area contributed by atoms with Crippen LogP contribution in [0.4, 0.5) is 4.79 Å². The number of aliphatic imine (C=N–C) groups is 1. The minimum Gasteiger partial charge on any atom is -0.443 e. The van der Waals surface area contributed by atoms with Gasteiger partial charge in [0.15, 0.2) is 25.5 Å². The second kappa shape index (κ2) is 16.0. The maximum absolute atomic E-state index is 11.6. The van der Waals surface area contributed by atoms with Crippen LogP contribution in [0.15, 0.2) is 29.5 Å². The molecule has 0 bridgehead atoms. The summed E-state index contributed by atoms with van der Waals surface area (Å²) in [4.78, 5) is 25.0. The molecule has 0 radical (unpaired) electrons. The Kier molecular flexibility index (Phi) is 13.5. The predicted molar refractivity (Wildman–Crippen MR) is 105 cm³/mol. The number of carbonyl (C=O) groups is 1. The average Bonchev–Trinajstić information content (AvgIpc) is 2.68. The van der Waals surface area contributed by atoms with Crippen LogP contribution >= 0.6 is 0 Å². The maximum Gasteiger partial charge on any atom is 0.407 e. The van der Waals surface area contributed by atoms with Gasteiger partial charge in [0.1, 0.15) is 0 Å². The first-order chi connectivity index (χ1) is 13.3.